The van der Waals surface area contributed by atoms with Crippen molar-refractivity contribution in [3.05, 3.63) is 82.9 Å². The summed E-state index contributed by atoms with van der Waals surface area (Å²) in [6.45, 7) is 2.33. The van der Waals surface area contributed by atoms with E-state index in [0.717, 1.165) is 10.9 Å². The van der Waals surface area contributed by atoms with Crippen molar-refractivity contribution in [2.24, 2.45) is 5.92 Å². The molecule has 1 fully saturated rings. The highest BCUT2D eigenvalue weighted by molar-refractivity contribution is 6.30. The Morgan fingerprint density at radius 3 is 2.56 bits per heavy atom. The second kappa shape index (κ2) is 6.53. The Bertz CT molecular complexity index is 1000. The molecule has 1 saturated carbocycles. The first kappa shape index (κ1) is 17.1. The summed E-state index contributed by atoms with van der Waals surface area (Å²) in [4.78, 5) is 0. The lowest BCUT2D eigenvalue weighted by Gasteiger charge is -2.34. The Labute approximate surface area is 167 Å². The SMILES string of the molecule is CCCC1CCCC12c1ccccc1-c1ccc(-c3cccc(Cl)c3)cc12. The minimum Gasteiger partial charge on any atom is -0.0843 e. The molecule has 3 aromatic carbocycles. The molecule has 1 spiro atoms. The van der Waals surface area contributed by atoms with Crippen LogP contribution >= 0.6 is 11.6 Å². The fourth-order valence-corrected chi connectivity index (χ4v) is 5.96. The molecule has 3 aromatic rings. The van der Waals surface area contributed by atoms with E-state index in [1.165, 1.54) is 54.4 Å². The summed E-state index contributed by atoms with van der Waals surface area (Å²) < 4.78 is 0. The molecule has 2 aliphatic rings. The van der Waals surface area contributed by atoms with Crippen LogP contribution in [-0.2, 0) is 5.41 Å². The fourth-order valence-electron chi connectivity index (χ4n) is 5.77. The number of hydrogen-bond donors (Lipinski definition) is 0. The molecule has 2 unspecified atom stereocenters. The van der Waals surface area contributed by atoms with Gasteiger partial charge >= 0.3 is 0 Å². The molecular weight excluding hydrogens is 348 g/mol. The third kappa shape index (κ3) is 2.50. The van der Waals surface area contributed by atoms with E-state index >= 15 is 0 Å². The summed E-state index contributed by atoms with van der Waals surface area (Å²) in [5.41, 5.74) is 8.71. The van der Waals surface area contributed by atoms with E-state index < -0.39 is 0 Å². The van der Waals surface area contributed by atoms with Crippen molar-refractivity contribution < 1.29 is 0 Å². The van der Waals surface area contributed by atoms with Crippen LogP contribution < -0.4 is 0 Å². The van der Waals surface area contributed by atoms with Gasteiger partial charge in [0.1, 0.15) is 0 Å². The number of hydrogen-bond acceptors (Lipinski definition) is 0. The van der Waals surface area contributed by atoms with Crippen LogP contribution in [0.2, 0.25) is 5.02 Å². The normalized spacial score (nSPS) is 22.8. The average Bonchev–Trinajstić information content (AvgIpc) is 3.24. The number of halogens is 1. The minimum atomic E-state index is 0.205. The highest BCUT2D eigenvalue weighted by Crippen LogP contribution is 2.60. The van der Waals surface area contributed by atoms with Gasteiger partial charge in [-0.1, -0.05) is 79.9 Å². The van der Waals surface area contributed by atoms with Gasteiger partial charge in [0.15, 0.2) is 0 Å². The maximum atomic E-state index is 6.27. The molecule has 27 heavy (non-hydrogen) atoms. The first-order valence-electron chi connectivity index (χ1n) is 10.2. The maximum Gasteiger partial charge on any atom is 0.0412 e. The summed E-state index contributed by atoms with van der Waals surface area (Å²) in [5.74, 6) is 0.750. The van der Waals surface area contributed by atoms with Gasteiger partial charge in [0.2, 0.25) is 0 Å². The van der Waals surface area contributed by atoms with Crippen LogP contribution in [0.5, 0.6) is 0 Å². The zero-order valence-corrected chi connectivity index (χ0v) is 16.6. The second-order valence-electron chi connectivity index (χ2n) is 8.17. The van der Waals surface area contributed by atoms with Gasteiger partial charge in [-0.2, -0.15) is 0 Å². The molecule has 0 bridgehead atoms. The average molecular weight is 373 g/mol. The Morgan fingerprint density at radius 1 is 0.889 bits per heavy atom. The van der Waals surface area contributed by atoms with Crippen molar-refractivity contribution in [2.45, 2.75) is 44.4 Å². The Kier molecular flexibility index (Phi) is 4.13. The predicted octanol–water partition coefficient (Wildman–Crippen LogP) is 7.87. The van der Waals surface area contributed by atoms with Gasteiger partial charge in [0.05, 0.1) is 0 Å². The highest BCUT2D eigenvalue weighted by Gasteiger charge is 2.50. The van der Waals surface area contributed by atoms with Crippen LogP contribution in [0, 0.1) is 5.92 Å². The minimum absolute atomic E-state index is 0.205. The maximum absolute atomic E-state index is 6.27. The highest BCUT2D eigenvalue weighted by atomic mass is 35.5. The fraction of sp³-hybridized carbons (Fsp3) is 0.308. The number of benzene rings is 3. The Balaban J connectivity index is 1.74. The molecule has 0 amide bonds. The van der Waals surface area contributed by atoms with Gasteiger partial charge in [0, 0.05) is 10.4 Å². The molecule has 5 rings (SSSR count). The van der Waals surface area contributed by atoms with E-state index in [1.807, 2.05) is 12.1 Å². The van der Waals surface area contributed by atoms with E-state index in [9.17, 15) is 0 Å². The lowest BCUT2D eigenvalue weighted by Crippen LogP contribution is -2.29. The van der Waals surface area contributed by atoms with Crippen LogP contribution in [0.25, 0.3) is 22.3 Å². The van der Waals surface area contributed by atoms with Crippen LogP contribution in [0.4, 0.5) is 0 Å². The summed E-state index contributed by atoms with van der Waals surface area (Å²) in [6, 6.07) is 24.5. The molecule has 136 valence electrons. The topological polar surface area (TPSA) is 0 Å². The molecule has 0 saturated heterocycles. The molecule has 0 N–H and O–H groups in total. The first-order chi connectivity index (χ1) is 13.2. The van der Waals surface area contributed by atoms with Crippen LogP contribution in [-0.4, -0.2) is 0 Å². The van der Waals surface area contributed by atoms with Crippen molar-refractivity contribution in [2.75, 3.05) is 0 Å². The standard InChI is InChI=1S/C26H25Cl/c1-2-7-20-9-6-15-26(20)24-12-4-3-11-22(24)23-14-13-19(17-25(23)26)18-8-5-10-21(27)16-18/h3-5,8,10-14,16-17,20H,2,6-7,9,15H2,1H3. The van der Waals surface area contributed by atoms with Gasteiger partial charge in [-0.25, -0.2) is 0 Å². The number of fused-ring (bicyclic) bond motifs is 5. The zero-order chi connectivity index (χ0) is 18.4. The largest absolute Gasteiger partial charge is 0.0843 e. The molecule has 0 aliphatic heterocycles. The van der Waals surface area contributed by atoms with E-state index in [1.54, 1.807) is 11.1 Å². The predicted molar refractivity (Wildman–Crippen MR) is 115 cm³/mol. The van der Waals surface area contributed by atoms with Crippen molar-refractivity contribution in [3.63, 3.8) is 0 Å². The second-order valence-corrected chi connectivity index (χ2v) is 8.60. The van der Waals surface area contributed by atoms with E-state index in [0.29, 0.717) is 0 Å². The molecule has 0 nitrogen and oxygen atoms in total. The van der Waals surface area contributed by atoms with Gasteiger partial charge in [0.25, 0.3) is 0 Å². The van der Waals surface area contributed by atoms with E-state index in [-0.39, 0.29) is 5.41 Å². The van der Waals surface area contributed by atoms with Gasteiger partial charge in [-0.05, 0) is 76.8 Å². The molecule has 1 heteroatoms. The van der Waals surface area contributed by atoms with Gasteiger partial charge < -0.3 is 0 Å². The van der Waals surface area contributed by atoms with Gasteiger partial charge in [-0.3, -0.25) is 0 Å². The molecule has 0 radical (unpaired) electrons. The molecule has 2 atom stereocenters. The smallest absolute Gasteiger partial charge is 0.0412 e. The first-order valence-corrected chi connectivity index (χ1v) is 10.6. The van der Waals surface area contributed by atoms with E-state index in [2.05, 4.69) is 61.5 Å². The monoisotopic (exact) mass is 372 g/mol. The summed E-state index contributed by atoms with van der Waals surface area (Å²) in [6.07, 6.45) is 6.54. The summed E-state index contributed by atoms with van der Waals surface area (Å²) in [7, 11) is 0. The Hall–Kier alpha value is -2.05. The van der Waals surface area contributed by atoms with E-state index in [4.69, 9.17) is 11.6 Å². The molecular formula is C26H25Cl. The zero-order valence-electron chi connectivity index (χ0n) is 15.8. The summed E-state index contributed by atoms with van der Waals surface area (Å²) in [5, 5.41) is 0.802. The molecule has 2 aliphatic carbocycles. The molecule has 0 aromatic heterocycles. The Morgan fingerprint density at radius 2 is 1.70 bits per heavy atom. The van der Waals surface area contributed by atoms with Crippen LogP contribution in [0.1, 0.15) is 50.2 Å². The summed E-state index contributed by atoms with van der Waals surface area (Å²) >= 11 is 6.27. The van der Waals surface area contributed by atoms with Crippen molar-refractivity contribution in [1.82, 2.24) is 0 Å². The van der Waals surface area contributed by atoms with Crippen molar-refractivity contribution in [1.29, 1.82) is 0 Å². The van der Waals surface area contributed by atoms with Crippen molar-refractivity contribution >= 4 is 11.6 Å². The van der Waals surface area contributed by atoms with Crippen LogP contribution in [0.15, 0.2) is 66.7 Å². The molecule has 0 heterocycles. The van der Waals surface area contributed by atoms with Crippen LogP contribution in [0.3, 0.4) is 0 Å². The lowest BCUT2D eigenvalue weighted by molar-refractivity contribution is 0.355. The van der Waals surface area contributed by atoms with Crippen molar-refractivity contribution in [3.8, 4) is 22.3 Å². The van der Waals surface area contributed by atoms with Gasteiger partial charge in [-0.15, -0.1) is 0 Å². The third-order valence-electron chi connectivity index (χ3n) is 6.81. The lowest BCUT2D eigenvalue weighted by atomic mass is 9.68. The quantitative estimate of drug-likeness (QED) is 0.438. The number of rotatable bonds is 3. The third-order valence-corrected chi connectivity index (χ3v) is 7.05.